The topological polar surface area (TPSA) is 41.1 Å². The Bertz CT molecular complexity index is 298. The van der Waals surface area contributed by atoms with Gasteiger partial charge in [0.05, 0.1) is 0 Å². The average molecular weight is 208 g/mol. The Hall–Kier alpha value is -1.32. The van der Waals surface area contributed by atoms with E-state index in [1.165, 1.54) is 6.42 Å². The minimum absolute atomic E-state index is 0.669. The Morgan fingerprint density at radius 2 is 2.20 bits per heavy atom. The molecule has 1 rings (SSSR count). The first-order valence-electron chi connectivity index (χ1n) is 5.37. The van der Waals surface area contributed by atoms with Crippen molar-refractivity contribution < 1.29 is 0 Å². The highest BCUT2D eigenvalue weighted by atomic mass is 15.2. The summed E-state index contributed by atoms with van der Waals surface area (Å²) in [6, 6.07) is 1.90. The molecule has 0 amide bonds. The molecule has 15 heavy (non-hydrogen) atoms. The van der Waals surface area contributed by atoms with Crippen molar-refractivity contribution in [2.75, 3.05) is 30.9 Å². The third-order valence-corrected chi connectivity index (χ3v) is 2.37. The molecule has 0 aliphatic carbocycles. The Morgan fingerprint density at radius 3 is 2.80 bits per heavy atom. The molecule has 0 bridgehead atoms. The molecule has 1 atom stereocenters. The maximum atomic E-state index is 4.38. The zero-order chi connectivity index (χ0) is 11.3. The highest BCUT2D eigenvalue weighted by Gasteiger charge is 2.02. The smallest absolute Gasteiger partial charge is 0.226 e. The Balaban J connectivity index is 2.58. The van der Waals surface area contributed by atoms with E-state index in [0.717, 1.165) is 18.3 Å². The summed E-state index contributed by atoms with van der Waals surface area (Å²) in [7, 11) is 3.88. The second kappa shape index (κ2) is 5.53. The maximum absolute atomic E-state index is 4.38. The average Bonchev–Trinajstić information content (AvgIpc) is 2.26. The first kappa shape index (κ1) is 11.8. The fraction of sp³-hybridized carbons (Fsp3) is 0.636. The summed E-state index contributed by atoms with van der Waals surface area (Å²) in [6.45, 7) is 5.37. The molecule has 84 valence electrons. The van der Waals surface area contributed by atoms with E-state index in [-0.39, 0.29) is 0 Å². The minimum atomic E-state index is 0.669. The van der Waals surface area contributed by atoms with Crippen molar-refractivity contribution in [1.82, 2.24) is 9.97 Å². The van der Waals surface area contributed by atoms with Crippen LogP contribution in [0.4, 0.5) is 11.8 Å². The van der Waals surface area contributed by atoms with E-state index in [1.54, 1.807) is 6.20 Å². The van der Waals surface area contributed by atoms with Crippen LogP contribution in [0, 0.1) is 5.92 Å². The quantitative estimate of drug-likeness (QED) is 0.803. The minimum Gasteiger partial charge on any atom is -0.370 e. The lowest BCUT2D eigenvalue weighted by Crippen LogP contribution is -2.15. The Kier molecular flexibility index (Phi) is 4.34. The summed E-state index contributed by atoms with van der Waals surface area (Å²) >= 11 is 0. The molecule has 1 N–H and O–H groups in total. The third kappa shape index (κ3) is 3.73. The summed E-state index contributed by atoms with van der Waals surface area (Å²) in [4.78, 5) is 10.4. The van der Waals surface area contributed by atoms with Crippen LogP contribution in [0.15, 0.2) is 12.3 Å². The van der Waals surface area contributed by atoms with Crippen molar-refractivity contribution in [3.63, 3.8) is 0 Å². The first-order valence-corrected chi connectivity index (χ1v) is 5.37. The van der Waals surface area contributed by atoms with Gasteiger partial charge < -0.3 is 10.2 Å². The van der Waals surface area contributed by atoms with Gasteiger partial charge in [-0.3, -0.25) is 0 Å². The van der Waals surface area contributed by atoms with Crippen LogP contribution in [0.3, 0.4) is 0 Å². The summed E-state index contributed by atoms with van der Waals surface area (Å²) in [6.07, 6.45) is 2.96. The third-order valence-electron chi connectivity index (χ3n) is 2.37. The number of hydrogen-bond donors (Lipinski definition) is 1. The molecule has 1 aromatic rings. The first-order chi connectivity index (χ1) is 7.13. The molecule has 1 heterocycles. The number of rotatable bonds is 5. The number of hydrogen-bond acceptors (Lipinski definition) is 4. The van der Waals surface area contributed by atoms with Crippen molar-refractivity contribution in [2.45, 2.75) is 20.3 Å². The molecule has 0 fully saturated rings. The largest absolute Gasteiger partial charge is 0.370 e. The van der Waals surface area contributed by atoms with Crippen LogP contribution in [0.5, 0.6) is 0 Å². The van der Waals surface area contributed by atoms with E-state index in [9.17, 15) is 0 Å². The second-order valence-corrected chi connectivity index (χ2v) is 4.03. The molecular weight excluding hydrogens is 188 g/mol. The van der Waals surface area contributed by atoms with Crippen molar-refractivity contribution in [3.05, 3.63) is 12.3 Å². The van der Waals surface area contributed by atoms with E-state index in [4.69, 9.17) is 0 Å². The highest BCUT2D eigenvalue weighted by molar-refractivity contribution is 5.40. The van der Waals surface area contributed by atoms with Crippen LogP contribution >= 0.6 is 0 Å². The predicted molar refractivity (Wildman–Crippen MR) is 64.3 cm³/mol. The van der Waals surface area contributed by atoms with E-state index in [0.29, 0.717) is 5.92 Å². The number of anilines is 2. The molecule has 1 aromatic heterocycles. The summed E-state index contributed by atoms with van der Waals surface area (Å²) < 4.78 is 0. The lowest BCUT2D eigenvalue weighted by atomic mass is 10.1. The molecule has 0 saturated carbocycles. The zero-order valence-corrected chi connectivity index (χ0v) is 9.99. The fourth-order valence-electron chi connectivity index (χ4n) is 1.09. The summed E-state index contributed by atoms with van der Waals surface area (Å²) in [5.41, 5.74) is 0. The van der Waals surface area contributed by atoms with Gasteiger partial charge in [-0.2, -0.15) is 4.98 Å². The van der Waals surface area contributed by atoms with Crippen LogP contribution < -0.4 is 10.2 Å². The zero-order valence-electron chi connectivity index (χ0n) is 9.99. The summed E-state index contributed by atoms with van der Waals surface area (Å²) in [5.74, 6) is 2.31. The Morgan fingerprint density at radius 1 is 1.47 bits per heavy atom. The Labute approximate surface area is 91.7 Å². The van der Waals surface area contributed by atoms with Crippen molar-refractivity contribution in [1.29, 1.82) is 0 Å². The number of nitrogens with one attached hydrogen (secondary N) is 1. The summed E-state index contributed by atoms with van der Waals surface area (Å²) in [5, 5.41) is 3.31. The van der Waals surface area contributed by atoms with Gasteiger partial charge in [0, 0.05) is 26.8 Å². The monoisotopic (exact) mass is 208 g/mol. The van der Waals surface area contributed by atoms with Crippen LogP contribution in [-0.4, -0.2) is 30.6 Å². The van der Waals surface area contributed by atoms with Crippen molar-refractivity contribution in [3.8, 4) is 0 Å². The molecular formula is C11H20N4. The number of aromatic nitrogens is 2. The second-order valence-electron chi connectivity index (χ2n) is 4.03. The van der Waals surface area contributed by atoms with Gasteiger partial charge in [-0.1, -0.05) is 20.3 Å². The lowest BCUT2D eigenvalue weighted by Gasteiger charge is -2.13. The van der Waals surface area contributed by atoms with Gasteiger partial charge in [-0.05, 0) is 12.0 Å². The number of nitrogens with zero attached hydrogens (tertiary/aromatic N) is 3. The molecule has 0 radical (unpaired) electrons. The predicted octanol–water partition coefficient (Wildman–Crippen LogP) is 2.00. The lowest BCUT2D eigenvalue weighted by molar-refractivity contribution is 0.592. The maximum Gasteiger partial charge on any atom is 0.226 e. The SMILES string of the molecule is CCC(C)CNc1ccnc(N(C)C)n1. The van der Waals surface area contributed by atoms with Gasteiger partial charge in [0.25, 0.3) is 0 Å². The molecule has 4 nitrogen and oxygen atoms in total. The van der Waals surface area contributed by atoms with Crippen LogP contribution in [0.1, 0.15) is 20.3 Å². The van der Waals surface area contributed by atoms with Gasteiger partial charge in [0.1, 0.15) is 5.82 Å². The van der Waals surface area contributed by atoms with Gasteiger partial charge in [-0.15, -0.1) is 0 Å². The van der Waals surface area contributed by atoms with Gasteiger partial charge in [0.2, 0.25) is 5.95 Å². The van der Waals surface area contributed by atoms with E-state index in [1.807, 2.05) is 25.1 Å². The normalized spacial score (nSPS) is 12.3. The molecule has 0 spiro atoms. The fourth-order valence-corrected chi connectivity index (χ4v) is 1.09. The van der Waals surface area contributed by atoms with Crippen LogP contribution in [0.2, 0.25) is 0 Å². The standard InChI is InChI=1S/C11H20N4/c1-5-9(2)8-13-10-6-7-12-11(14-10)15(3)4/h6-7,9H,5,8H2,1-4H3,(H,12,13,14). The molecule has 0 saturated heterocycles. The van der Waals surface area contributed by atoms with Gasteiger partial charge >= 0.3 is 0 Å². The molecule has 0 aromatic carbocycles. The molecule has 4 heteroatoms. The van der Waals surface area contributed by atoms with Crippen LogP contribution in [0.25, 0.3) is 0 Å². The van der Waals surface area contributed by atoms with E-state index < -0.39 is 0 Å². The highest BCUT2D eigenvalue weighted by Crippen LogP contribution is 2.09. The van der Waals surface area contributed by atoms with Gasteiger partial charge in [0.15, 0.2) is 0 Å². The van der Waals surface area contributed by atoms with Crippen LogP contribution in [-0.2, 0) is 0 Å². The van der Waals surface area contributed by atoms with E-state index in [2.05, 4.69) is 29.1 Å². The van der Waals surface area contributed by atoms with Crippen molar-refractivity contribution in [2.24, 2.45) is 5.92 Å². The van der Waals surface area contributed by atoms with E-state index >= 15 is 0 Å². The van der Waals surface area contributed by atoms with Gasteiger partial charge in [-0.25, -0.2) is 4.98 Å². The van der Waals surface area contributed by atoms with Crippen molar-refractivity contribution >= 4 is 11.8 Å². The molecule has 0 aliphatic heterocycles. The molecule has 1 unspecified atom stereocenters. The molecule has 0 aliphatic rings.